The molecular weight excluding hydrogens is 126 g/mol. The van der Waals surface area contributed by atoms with Gasteiger partial charge in [0, 0.05) is 5.69 Å². The highest BCUT2D eigenvalue weighted by Gasteiger charge is 1.98. The zero-order valence-corrected chi connectivity index (χ0v) is 5.97. The Morgan fingerprint density at radius 1 is 1.60 bits per heavy atom. The summed E-state index contributed by atoms with van der Waals surface area (Å²) in [5.74, 6) is -0.532. The Kier molecular flexibility index (Phi) is 1.07. The SMILES string of the molecule is [2H]c1nc(C(C)C)c([2H])c([2H])c1O. The van der Waals surface area contributed by atoms with Gasteiger partial charge < -0.3 is 5.11 Å². The minimum Gasteiger partial charge on any atom is -0.506 e. The van der Waals surface area contributed by atoms with Gasteiger partial charge in [-0.3, -0.25) is 4.98 Å². The molecule has 0 aliphatic carbocycles. The summed E-state index contributed by atoms with van der Waals surface area (Å²) in [5.41, 5.74) is 0.382. The van der Waals surface area contributed by atoms with Gasteiger partial charge in [-0.15, -0.1) is 0 Å². The molecule has 0 unspecified atom stereocenters. The second-order valence-electron chi connectivity index (χ2n) is 2.36. The predicted octanol–water partition coefficient (Wildman–Crippen LogP) is 1.91. The van der Waals surface area contributed by atoms with E-state index in [2.05, 4.69) is 4.98 Å². The predicted molar refractivity (Wildman–Crippen MR) is 40.0 cm³/mol. The smallest absolute Gasteiger partial charge is 0.133 e. The molecule has 1 rings (SSSR count). The Morgan fingerprint density at radius 3 is 2.90 bits per heavy atom. The van der Waals surface area contributed by atoms with E-state index in [0.29, 0.717) is 5.69 Å². The van der Waals surface area contributed by atoms with E-state index < -0.39 is 5.75 Å². The van der Waals surface area contributed by atoms with Crippen molar-refractivity contribution in [3.05, 3.63) is 24.0 Å². The lowest BCUT2D eigenvalue weighted by atomic mass is 10.1. The average molecular weight is 140 g/mol. The van der Waals surface area contributed by atoms with E-state index in [1.807, 2.05) is 13.8 Å². The van der Waals surface area contributed by atoms with Gasteiger partial charge in [0.1, 0.15) is 5.75 Å². The highest BCUT2D eigenvalue weighted by atomic mass is 16.3. The van der Waals surface area contributed by atoms with Crippen LogP contribution < -0.4 is 0 Å². The van der Waals surface area contributed by atoms with E-state index >= 15 is 0 Å². The first-order valence-electron chi connectivity index (χ1n) is 4.61. The van der Waals surface area contributed by atoms with Crippen LogP contribution in [0.25, 0.3) is 0 Å². The molecule has 0 atom stereocenters. The van der Waals surface area contributed by atoms with Gasteiger partial charge in [0.15, 0.2) is 0 Å². The van der Waals surface area contributed by atoms with Gasteiger partial charge in [0.25, 0.3) is 0 Å². The van der Waals surface area contributed by atoms with Crippen LogP contribution >= 0.6 is 0 Å². The molecule has 0 aliphatic rings. The van der Waals surface area contributed by atoms with Crippen molar-refractivity contribution in [3.8, 4) is 5.75 Å². The molecule has 1 aromatic rings. The molecular formula is C8H11NO. The fourth-order valence-corrected chi connectivity index (χ4v) is 0.566. The van der Waals surface area contributed by atoms with Crippen LogP contribution in [0.5, 0.6) is 5.75 Å². The zero-order chi connectivity index (χ0) is 10.2. The summed E-state index contributed by atoms with van der Waals surface area (Å²) in [4.78, 5) is 3.74. The second-order valence-corrected chi connectivity index (χ2v) is 2.36. The maximum Gasteiger partial charge on any atom is 0.133 e. The molecule has 1 heterocycles. The quantitative estimate of drug-likeness (QED) is 0.646. The molecule has 0 bridgehead atoms. The van der Waals surface area contributed by atoms with E-state index in [0.717, 1.165) is 0 Å². The first kappa shape index (κ1) is 3.96. The zero-order valence-electron chi connectivity index (χ0n) is 8.97. The largest absolute Gasteiger partial charge is 0.506 e. The van der Waals surface area contributed by atoms with Crippen molar-refractivity contribution in [3.63, 3.8) is 0 Å². The lowest BCUT2D eigenvalue weighted by molar-refractivity contribution is 0.472. The van der Waals surface area contributed by atoms with Gasteiger partial charge in [-0.05, 0) is 18.0 Å². The summed E-state index contributed by atoms with van der Waals surface area (Å²) >= 11 is 0. The number of hydrogen-bond acceptors (Lipinski definition) is 2. The fraction of sp³-hybridized carbons (Fsp3) is 0.375. The summed E-state index contributed by atoms with van der Waals surface area (Å²) in [6, 6.07) is -0.410. The molecule has 1 aromatic heterocycles. The summed E-state index contributed by atoms with van der Waals surface area (Å²) in [6.07, 6.45) is -0.329. The van der Waals surface area contributed by atoms with Gasteiger partial charge in [0.2, 0.25) is 0 Å². The van der Waals surface area contributed by atoms with Crippen molar-refractivity contribution in [1.82, 2.24) is 4.98 Å². The Balaban J connectivity index is 3.41. The minimum atomic E-state index is -0.519. The van der Waals surface area contributed by atoms with E-state index in [4.69, 9.17) is 9.22 Å². The number of hydrogen-bond donors (Lipinski definition) is 1. The highest BCUT2D eigenvalue weighted by Crippen LogP contribution is 2.13. The maximum absolute atomic E-state index is 9.14. The molecule has 2 nitrogen and oxygen atoms in total. The number of aromatic hydroxyl groups is 1. The summed E-state index contributed by atoms with van der Waals surface area (Å²) < 4.78 is 22.0. The van der Waals surface area contributed by atoms with Gasteiger partial charge >= 0.3 is 0 Å². The van der Waals surface area contributed by atoms with Crippen LogP contribution in [0, 0.1) is 0 Å². The van der Waals surface area contributed by atoms with Gasteiger partial charge in [-0.1, -0.05) is 13.8 Å². The number of rotatable bonds is 1. The molecule has 0 aliphatic heterocycles. The topological polar surface area (TPSA) is 33.1 Å². The Morgan fingerprint density at radius 2 is 2.30 bits per heavy atom. The second kappa shape index (κ2) is 2.69. The Bertz CT molecular complexity index is 339. The van der Waals surface area contributed by atoms with Gasteiger partial charge in [-0.25, -0.2) is 0 Å². The highest BCUT2D eigenvalue weighted by molar-refractivity contribution is 5.19. The average Bonchev–Trinajstić information content (AvgIpc) is 2.07. The standard InChI is InChI=1S/C8H11NO/c1-6(2)8-4-3-7(10)5-9-8/h3-6,10H,1-2H3/i3D,4D,5D. The van der Waals surface area contributed by atoms with Crippen molar-refractivity contribution in [2.75, 3.05) is 0 Å². The van der Waals surface area contributed by atoms with Crippen molar-refractivity contribution >= 4 is 0 Å². The first-order valence-corrected chi connectivity index (χ1v) is 3.11. The summed E-state index contributed by atoms with van der Waals surface area (Å²) in [5, 5.41) is 9.14. The van der Waals surface area contributed by atoms with Crippen LogP contribution in [0.3, 0.4) is 0 Å². The molecule has 0 amide bonds. The molecule has 0 aromatic carbocycles. The third kappa shape index (κ3) is 1.47. The molecule has 0 saturated heterocycles. The lowest BCUT2D eigenvalue weighted by Gasteiger charge is -2.01. The van der Waals surface area contributed by atoms with Crippen LogP contribution in [0.2, 0.25) is 0 Å². The molecule has 0 spiro atoms. The molecule has 0 radical (unpaired) electrons. The third-order valence-electron chi connectivity index (χ3n) is 1.14. The molecule has 54 valence electrons. The van der Waals surface area contributed by atoms with Crippen LogP contribution in [0.15, 0.2) is 18.3 Å². The van der Waals surface area contributed by atoms with Crippen molar-refractivity contribution in [2.45, 2.75) is 19.8 Å². The fourth-order valence-electron chi connectivity index (χ4n) is 0.566. The molecule has 1 N–H and O–H groups in total. The Hall–Kier alpha value is -1.05. The third-order valence-corrected chi connectivity index (χ3v) is 1.14. The molecule has 10 heavy (non-hydrogen) atoms. The minimum absolute atomic E-state index is 0.0127. The van der Waals surface area contributed by atoms with Gasteiger partial charge in [0.05, 0.1) is 10.3 Å². The number of aromatic nitrogens is 1. The van der Waals surface area contributed by atoms with E-state index in [1.54, 1.807) is 0 Å². The van der Waals surface area contributed by atoms with E-state index in [-0.39, 0.29) is 24.2 Å². The molecule has 2 heteroatoms. The van der Waals surface area contributed by atoms with Crippen molar-refractivity contribution in [1.29, 1.82) is 0 Å². The summed E-state index contributed by atoms with van der Waals surface area (Å²) in [6.45, 7) is 3.66. The molecule has 0 fully saturated rings. The summed E-state index contributed by atoms with van der Waals surface area (Å²) in [7, 11) is 0. The van der Waals surface area contributed by atoms with Crippen LogP contribution in [-0.4, -0.2) is 10.1 Å². The maximum atomic E-state index is 9.14. The van der Waals surface area contributed by atoms with Gasteiger partial charge in [-0.2, -0.15) is 0 Å². The van der Waals surface area contributed by atoms with Crippen LogP contribution in [-0.2, 0) is 0 Å². The first-order chi connectivity index (χ1) is 5.95. The van der Waals surface area contributed by atoms with E-state index in [9.17, 15) is 0 Å². The molecule has 0 saturated carbocycles. The van der Waals surface area contributed by atoms with Crippen molar-refractivity contribution < 1.29 is 9.22 Å². The van der Waals surface area contributed by atoms with Crippen LogP contribution in [0.1, 0.15) is 29.6 Å². The van der Waals surface area contributed by atoms with Crippen molar-refractivity contribution in [2.24, 2.45) is 0 Å². The van der Waals surface area contributed by atoms with E-state index in [1.165, 1.54) is 0 Å². The number of pyridine rings is 1. The number of nitrogens with zero attached hydrogens (tertiary/aromatic N) is 1. The monoisotopic (exact) mass is 140 g/mol. The normalized spacial score (nSPS) is 14.5. The lowest BCUT2D eigenvalue weighted by Crippen LogP contribution is -1.89. The Labute approximate surface area is 64.8 Å². The van der Waals surface area contributed by atoms with Crippen LogP contribution in [0.4, 0.5) is 0 Å².